The second-order valence-corrected chi connectivity index (χ2v) is 7.51. The van der Waals surface area contributed by atoms with Gasteiger partial charge in [-0.3, -0.25) is 0 Å². The average Bonchev–Trinajstić information content (AvgIpc) is 2.43. The lowest BCUT2D eigenvalue weighted by molar-refractivity contribution is 0.0719. The molecule has 1 fully saturated rings. The summed E-state index contributed by atoms with van der Waals surface area (Å²) in [6.07, 6.45) is -0.170. The number of halogens is 1. The average molecular weight is 339 g/mol. The molecule has 0 unspecified atom stereocenters. The number of rotatable bonds is 4. The lowest BCUT2D eigenvalue weighted by Crippen LogP contribution is -2.56. The van der Waals surface area contributed by atoms with Gasteiger partial charge in [-0.25, -0.2) is 13.4 Å². The zero-order valence-corrected chi connectivity index (χ0v) is 13.5. The summed E-state index contributed by atoms with van der Waals surface area (Å²) in [5, 5.41) is 0.509. The van der Waals surface area contributed by atoms with E-state index >= 15 is 0 Å². The topological polar surface area (TPSA) is 59.5 Å². The predicted molar refractivity (Wildman–Crippen MR) is 83.6 cm³/mol. The molecule has 1 aromatic heterocycles. The van der Waals surface area contributed by atoms with Crippen molar-refractivity contribution < 1.29 is 13.2 Å². The van der Waals surface area contributed by atoms with Crippen molar-refractivity contribution in [3.05, 3.63) is 53.2 Å². The molecule has 116 valence electrons. The molecule has 0 spiro atoms. The highest BCUT2D eigenvalue weighted by Gasteiger charge is 2.38. The maximum Gasteiger partial charge on any atom is 0.243 e. The van der Waals surface area contributed by atoms with Crippen LogP contribution in [0.5, 0.6) is 5.88 Å². The first kappa shape index (κ1) is 15.3. The molecule has 1 aromatic carbocycles. The van der Waals surface area contributed by atoms with Crippen molar-refractivity contribution in [3.63, 3.8) is 0 Å². The molecule has 0 radical (unpaired) electrons. The van der Waals surface area contributed by atoms with Gasteiger partial charge in [-0.1, -0.05) is 17.7 Å². The summed E-state index contributed by atoms with van der Waals surface area (Å²) in [4.78, 5) is 4.49. The Hall–Kier alpha value is -1.63. The van der Waals surface area contributed by atoms with Crippen molar-refractivity contribution in [2.45, 2.75) is 17.9 Å². The maximum absolute atomic E-state index is 12.4. The van der Waals surface area contributed by atoms with Crippen LogP contribution in [-0.2, 0) is 10.0 Å². The maximum atomic E-state index is 12.4. The van der Waals surface area contributed by atoms with Crippen molar-refractivity contribution >= 4 is 21.6 Å². The molecule has 2 aromatic rings. The van der Waals surface area contributed by atoms with Gasteiger partial charge in [0.25, 0.3) is 0 Å². The Morgan fingerprint density at radius 3 is 2.50 bits per heavy atom. The van der Waals surface area contributed by atoms with Gasteiger partial charge >= 0.3 is 0 Å². The zero-order valence-electron chi connectivity index (χ0n) is 11.9. The fraction of sp³-hybridized carbons (Fsp3) is 0.267. The van der Waals surface area contributed by atoms with Crippen LogP contribution in [-0.4, -0.2) is 36.9 Å². The van der Waals surface area contributed by atoms with Crippen LogP contribution >= 0.6 is 11.6 Å². The third kappa shape index (κ3) is 3.09. The SMILES string of the molecule is Cc1cccc(OC2CN(S(=O)(=O)c3ccc(Cl)cc3)C2)n1. The highest BCUT2D eigenvalue weighted by atomic mass is 35.5. The Balaban J connectivity index is 1.64. The summed E-state index contributed by atoms with van der Waals surface area (Å²) >= 11 is 5.78. The Morgan fingerprint density at radius 1 is 1.18 bits per heavy atom. The van der Waals surface area contributed by atoms with Crippen LogP contribution in [0.2, 0.25) is 5.02 Å². The largest absolute Gasteiger partial charge is 0.472 e. The van der Waals surface area contributed by atoms with Gasteiger partial charge in [-0.05, 0) is 37.3 Å². The minimum absolute atomic E-state index is 0.170. The molecular weight excluding hydrogens is 324 g/mol. The molecule has 1 saturated heterocycles. The molecule has 5 nitrogen and oxygen atoms in total. The molecular formula is C15H15ClN2O3S. The molecule has 1 aliphatic rings. The smallest absolute Gasteiger partial charge is 0.243 e. The van der Waals surface area contributed by atoms with E-state index in [0.717, 1.165) is 5.69 Å². The van der Waals surface area contributed by atoms with Gasteiger partial charge in [0, 0.05) is 16.8 Å². The van der Waals surface area contributed by atoms with E-state index in [-0.39, 0.29) is 11.0 Å². The van der Waals surface area contributed by atoms with Gasteiger partial charge in [-0.15, -0.1) is 0 Å². The van der Waals surface area contributed by atoms with Gasteiger partial charge in [-0.2, -0.15) is 4.31 Å². The zero-order chi connectivity index (χ0) is 15.7. The van der Waals surface area contributed by atoms with E-state index in [2.05, 4.69) is 4.98 Å². The molecule has 0 atom stereocenters. The summed E-state index contributed by atoms with van der Waals surface area (Å²) in [6, 6.07) is 11.7. The van der Waals surface area contributed by atoms with E-state index in [4.69, 9.17) is 16.3 Å². The molecule has 2 heterocycles. The first-order valence-corrected chi connectivity index (χ1v) is 8.63. The number of hydrogen-bond acceptors (Lipinski definition) is 4. The molecule has 3 rings (SSSR count). The van der Waals surface area contributed by atoms with Crippen molar-refractivity contribution in [3.8, 4) is 5.88 Å². The van der Waals surface area contributed by atoms with Crippen LogP contribution in [0.15, 0.2) is 47.4 Å². The van der Waals surface area contributed by atoms with E-state index in [9.17, 15) is 8.42 Å². The molecule has 1 aliphatic heterocycles. The molecule has 7 heteroatoms. The summed E-state index contributed by atoms with van der Waals surface area (Å²) < 4.78 is 31.8. The minimum atomic E-state index is -3.48. The van der Waals surface area contributed by atoms with E-state index in [0.29, 0.717) is 24.0 Å². The van der Waals surface area contributed by atoms with Gasteiger partial charge in [0.05, 0.1) is 18.0 Å². The van der Waals surface area contributed by atoms with Crippen molar-refractivity contribution in [1.29, 1.82) is 0 Å². The lowest BCUT2D eigenvalue weighted by Gasteiger charge is -2.37. The third-order valence-electron chi connectivity index (χ3n) is 3.42. The molecule has 0 amide bonds. The monoisotopic (exact) mass is 338 g/mol. The Bertz CT molecular complexity index is 772. The standard InChI is InChI=1S/C15H15ClN2O3S/c1-11-3-2-4-15(17-11)21-13-9-18(10-13)22(19,20)14-7-5-12(16)6-8-14/h2-8,13H,9-10H2,1H3. The first-order valence-electron chi connectivity index (χ1n) is 6.81. The fourth-order valence-electron chi connectivity index (χ4n) is 2.18. The highest BCUT2D eigenvalue weighted by Crippen LogP contribution is 2.25. The van der Waals surface area contributed by atoms with Gasteiger partial charge in [0.15, 0.2) is 0 Å². The number of aromatic nitrogens is 1. The van der Waals surface area contributed by atoms with Gasteiger partial charge in [0.2, 0.25) is 15.9 Å². The highest BCUT2D eigenvalue weighted by molar-refractivity contribution is 7.89. The van der Waals surface area contributed by atoms with Crippen LogP contribution in [0.25, 0.3) is 0 Å². The first-order chi connectivity index (χ1) is 10.4. The third-order valence-corrected chi connectivity index (χ3v) is 5.51. The van der Waals surface area contributed by atoms with E-state index in [1.165, 1.54) is 16.4 Å². The molecule has 0 N–H and O–H groups in total. The number of hydrogen-bond donors (Lipinski definition) is 0. The summed E-state index contributed by atoms with van der Waals surface area (Å²) in [6.45, 7) is 2.52. The normalized spacial score (nSPS) is 16.3. The lowest BCUT2D eigenvalue weighted by atomic mass is 10.2. The van der Waals surface area contributed by atoms with Crippen LogP contribution in [0.1, 0.15) is 5.69 Å². The van der Waals surface area contributed by atoms with Crippen molar-refractivity contribution in [2.75, 3.05) is 13.1 Å². The Morgan fingerprint density at radius 2 is 1.86 bits per heavy atom. The second-order valence-electron chi connectivity index (χ2n) is 5.13. The van der Waals surface area contributed by atoms with Crippen LogP contribution in [0.4, 0.5) is 0 Å². The van der Waals surface area contributed by atoms with E-state index in [1.807, 2.05) is 19.1 Å². The van der Waals surface area contributed by atoms with Crippen LogP contribution in [0.3, 0.4) is 0 Å². The second kappa shape index (κ2) is 5.87. The number of nitrogens with zero attached hydrogens (tertiary/aromatic N) is 2. The Kier molecular flexibility index (Phi) is 4.08. The molecule has 22 heavy (non-hydrogen) atoms. The quantitative estimate of drug-likeness (QED) is 0.859. The molecule has 0 aliphatic carbocycles. The summed E-state index contributed by atoms with van der Waals surface area (Å²) in [7, 11) is -3.48. The molecule has 0 bridgehead atoms. The van der Waals surface area contributed by atoms with Crippen molar-refractivity contribution in [1.82, 2.24) is 9.29 Å². The predicted octanol–water partition coefficient (Wildman–Crippen LogP) is 2.50. The van der Waals surface area contributed by atoms with Crippen LogP contribution in [0, 0.1) is 6.92 Å². The van der Waals surface area contributed by atoms with Gasteiger partial charge < -0.3 is 4.74 Å². The summed E-state index contributed by atoms with van der Waals surface area (Å²) in [5.41, 5.74) is 0.863. The number of ether oxygens (including phenoxy) is 1. The number of sulfonamides is 1. The minimum Gasteiger partial charge on any atom is -0.472 e. The van der Waals surface area contributed by atoms with Crippen LogP contribution < -0.4 is 4.74 Å². The number of aryl methyl sites for hydroxylation is 1. The van der Waals surface area contributed by atoms with E-state index < -0.39 is 10.0 Å². The van der Waals surface area contributed by atoms with E-state index in [1.54, 1.807) is 18.2 Å². The van der Waals surface area contributed by atoms with Gasteiger partial charge in [0.1, 0.15) is 6.10 Å². The molecule has 0 saturated carbocycles. The number of pyridine rings is 1. The number of benzene rings is 1. The fourth-order valence-corrected chi connectivity index (χ4v) is 3.81. The summed E-state index contributed by atoms with van der Waals surface area (Å²) in [5.74, 6) is 0.522. The van der Waals surface area contributed by atoms with Crippen molar-refractivity contribution in [2.24, 2.45) is 0 Å². The Labute approximate surface area is 134 Å².